The Morgan fingerprint density at radius 1 is 0.688 bits per heavy atom. The third-order valence-corrected chi connectivity index (χ3v) is 2.47. The van der Waals surface area contributed by atoms with E-state index in [-0.39, 0.29) is 51.4 Å². The molecule has 1 nitrogen and oxygen atoms in total. The summed E-state index contributed by atoms with van der Waals surface area (Å²) >= 11 is 0. The summed E-state index contributed by atoms with van der Waals surface area (Å²) < 4.78 is 0. The molecule has 2 aromatic carbocycles. The third-order valence-electron chi connectivity index (χ3n) is 2.47. The van der Waals surface area contributed by atoms with Gasteiger partial charge in [-0.25, -0.2) is 0 Å². The summed E-state index contributed by atoms with van der Waals surface area (Å²) in [5, 5.41) is 4.64. The van der Waals surface area contributed by atoms with E-state index < -0.39 is 0 Å². The van der Waals surface area contributed by atoms with Crippen molar-refractivity contribution in [3.8, 4) is 0 Å². The van der Waals surface area contributed by atoms with Crippen LogP contribution in [0.1, 0.15) is 11.1 Å². The third kappa shape index (κ3) is 3.44. The maximum absolute atomic E-state index is 4.64. The van der Waals surface area contributed by atoms with E-state index in [0.717, 1.165) is 11.4 Å². The SMILES string of the molecule is Cc1ccccc1[N-]c1ccccc1C.[K+]. The van der Waals surface area contributed by atoms with Gasteiger partial charge >= 0.3 is 51.4 Å². The normalized spacial score (nSPS) is 9.38. The molecule has 0 atom stereocenters. The number of hydrogen-bond acceptors (Lipinski definition) is 0. The van der Waals surface area contributed by atoms with E-state index in [2.05, 4.69) is 31.3 Å². The molecule has 0 aliphatic carbocycles. The minimum absolute atomic E-state index is 0. The molecule has 0 N–H and O–H groups in total. The standard InChI is InChI=1S/C14H14N.K/c1-11-7-3-5-9-13(11)15-14-10-6-4-8-12(14)2;/h3-10H,1-2H3;/q-1;+1. The fourth-order valence-electron chi connectivity index (χ4n) is 1.51. The zero-order chi connectivity index (χ0) is 10.7. The maximum Gasteiger partial charge on any atom is 1.00 e. The average molecular weight is 235 g/mol. The second-order valence-corrected chi connectivity index (χ2v) is 3.68. The first kappa shape index (κ1) is 13.9. The van der Waals surface area contributed by atoms with Gasteiger partial charge in [-0.2, -0.15) is 0 Å². The van der Waals surface area contributed by atoms with E-state index in [1.165, 1.54) is 11.1 Å². The summed E-state index contributed by atoms with van der Waals surface area (Å²) in [5.41, 5.74) is 4.51. The summed E-state index contributed by atoms with van der Waals surface area (Å²) in [6.07, 6.45) is 0. The van der Waals surface area contributed by atoms with Crippen LogP contribution in [0.4, 0.5) is 11.4 Å². The van der Waals surface area contributed by atoms with Crippen molar-refractivity contribution in [1.82, 2.24) is 0 Å². The number of benzene rings is 2. The van der Waals surface area contributed by atoms with Crippen molar-refractivity contribution in [2.24, 2.45) is 0 Å². The van der Waals surface area contributed by atoms with Crippen molar-refractivity contribution < 1.29 is 51.4 Å². The first-order valence-corrected chi connectivity index (χ1v) is 5.10. The van der Waals surface area contributed by atoms with E-state index in [9.17, 15) is 0 Å². The average Bonchev–Trinajstić information content (AvgIpc) is 2.24. The molecule has 0 fully saturated rings. The summed E-state index contributed by atoms with van der Waals surface area (Å²) in [6, 6.07) is 16.4. The molecule has 0 amide bonds. The maximum atomic E-state index is 4.64. The zero-order valence-electron chi connectivity index (χ0n) is 10.1. The van der Waals surface area contributed by atoms with Gasteiger partial charge < -0.3 is 5.32 Å². The van der Waals surface area contributed by atoms with Crippen molar-refractivity contribution in [3.05, 3.63) is 65.0 Å². The molecular formula is C14H14KN. The predicted octanol–water partition coefficient (Wildman–Crippen LogP) is 1.64. The molecule has 2 heteroatoms. The van der Waals surface area contributed by atoms with Crippen LogP contribution in [-0.2, 0) is 0 Å². The van der Waals surface area contributed by atoms with Crippen LogP contribution in [0.15, 0.2) is 48.5 Å². The van der Waals surface area contributed by atoms with Gasteiger partial charge in [-0.15, -0.1) is 11.4 Å². The van der Waals surface area contributed by atoms with E-state index in [1.807, 2.05) is 36.4 Å². The molecular weight excluding hydrogens is 221 g/mol. The Kier molecular flexibility index (Phi) is 5.73. The minimum atomic E-state index is 0. The van der Waals surface area contributed by atoms with Gasteiger partial charge in [0.1, 0.15) is 0 Å². The zero-order valence-corrected chi connectivity index (χ0v) is 13.2. The Hall–Kier alpha value is -0.124. The smallest absolute Gasteiger partial charge is 0.657 e. The molecule has 76 valence electrons. The second kappa shape index (κ2) is 6.57. The van der Waals surface area contributed by atoms with Gasteiger partial charge in [0.05, 0.1) is 0 Å². The monoisotopic (exact) mass is 235 g/mol. The molecule has 0 aliphatic heterocycles. The Morgan fingerprint density at radius 3 is 1.44 bits per heavy atom. The minimum Gasteiger partial charge on any atom is -0.657 e. The van der Waals surface area contributed by atoms with E-state index in [0.29, 0.717) is 0 Å². The van der Waals surface area contributed by atoms with Crippen LogP contribution in [0.25, 0.3) is 5.32 Å². The van der Waals surface area contributed by atoms with E-state index in [1.54, 1.807) is 0 Å². The van der Waals surface area contributed by atoms with Crippen LogP contribution in [-0.4, -0.2) is 0 Å². The number of rotatable bonds is 2. The van der Waals surface area contributed by atoms with Crippen LogP contribution in [0.3, 0.4) is 0 Å². The van der Waals surface area contributed by atoms with Gasteiger partial charge in [0, 0.05) is 0 Å². The predicted molar refractivity (Wildman–Crippen MR) is 65.0 cm³/mol. The fraction of sp³-hybridized carbons (Fsp3) is 0.143. The van der Waals surface area contributed by atoms with Crippen molar-refractivity contribution in [1.29, 1.82) is 0 Å². The molecule has 16 heavy (non-hydrogen) atoms. The Balaban J connectivity index is 0.00000128. The van der Waals surface area contributed by atoms with Crippen molar-refractivity contribution in [2.45, 2.75) is 13.8 Å². The molecule has 0 heterocycles. The van der Waals surface area contributed by atoms with Gasteiger partial charge in [0.25, 0.3) is 0 Å². The number of para-hydroxylation sites is 2. The van der Waals surface area contributed by atoms with Crippen LogP contribution in [0.2, 0.25) is 0 Å². The number of nitrogens with zero attached hydrogens (tertiary/aromatic N) is 1. The molecule has 0 aromatic heterocycles. The van der Waals surface area contributed by atoms with Gasteiger partial charge in [0.15, 0.2) is 0 Å². The molecule has 2 rings (SSSR count). The van der Waals surface area contributed by atoms with Crippen LogP contribution in [0.5, 0.6) is 0 Å². The largest absolute Gasteiger partial charge is 1.00 e. The first-order chi connectivity index (χ1) is 7.27. The van der Waals surface area contributed by atoms with Crippen molar-refractivity contribution >= 4 is 11.4 Å². The number of aryl methyl sites for hydroxylation is 2. The van der Waals surface area contributed by atoms with Gasteiger partial charge in [-0.3, -0.25) is 0 Å². The van der Waals surface area contributed by atoms with Crippen LogP contribution in [0, 0.1) is 13.8 Å². The van der Waals surface area contributed by atoms with Crippen molar-refractivity contribution in [2.75, 3.05) is 0 Å². The molecule has 0 aliphatic rings. The van der Waals surface area contributed by atoms with Gasteiger partial charge in [-0.05, 0) is 13.8 Å². The molecule has 0 saturated carbocycles. The second-order valence-electron chi connectivity index (χ2n) is 3.68. The quantitative estimate of drug-likeness (QED) is 0.703. The van der Waals surface area contributed by atoms with Gasteiger partial charge in [0.2, 0.25) is 0 Å². The summed E-state index contributed by atoms with van der Waals surface area (Å²) in [4.78, 5) is 0. The molecule has 0 spiro atoms. The first-order valence-electron chi connectivity index (χ1n) is 5.10. The molecule has 0 radical (unpaired) electrons. The molecule has 2 aromatic rings. The Labute approximate surface area is 140 Å². The summed E-state index contributed by atoms with van der Waals surface area (Å²) in [6.45, 7) is 4.16. The van der Waals surface area contributed by atoms with Crippen LogP contribution >= 0.6 is 0 Å². The Bertz CT molecular complexity index is 422. The van der Waals surface area contributed by atoms with E-state index >= 15 is 0 Å². The molecule has 0 unspecified atom stereocenters. The summed E-state index contributed by atoms with van der Waals surface area (Å²) in [5.74, 6) is 0. The number of hydrogen-bond donors (Lipinski definition) is 0. The van der Waals surface area contributed by atoms with Crippen molar-refractivity contribution in [3.63, 3.8) is 0 Å². The van der Waals surface area contributed by atoms with Crippen LogP contribution < -0.4 is 51.4 Å². The van der Waals surface area contributed by atoms with E-state index in [4.69, 9.17) is 0 Å². The topological polar surface area (TPSA) is 14.1 Å². The molecule has 0 bridgehead atoms. The molecule has 0 saturated heterocycles. The Morgan fingerprint density at radius 2 is 1.06 bits per heavy atom. The summed E-state index contributed by atoms with van der Waals surface area (Å²) in [7, 11) is 0. The van der Waals surface area contributed by atoms with Gasteiger partial charge in [-0.1, -0.05) is 59.7 Å². The fourth-order valence-corrected chi connectivity index (χ4v) is 1.51.